The normalized spacial score (nSPS) is 15.3. The van der Waals surface area contributed by atoms with Crippen molar-refractivity contribution in [2.24, 2.45) is 0 Å². The fraction of sp³-hybridized carbons (Fsp3) is 0.400. The summed E-state index contributed by atoms with van der Waals surface area (Å²) in [6.07, 6.45) is 1.02. The highest BCUT2D eigenvalue weighted by Crippen LogP contribution is 2.17. The standard InChI is InChI=1S/C10H14Cl2Si/c1-13(12,9-5-8-11)10-6-3-2-4-7-10/h2-4,6-7H,5,8-9H2,1H3. The molecule has 0 amide bonds. The quantitative estimate of drug-likeness (QED) is 0.425. The van der Waals surface area contributed by atoms with E-state index in [0.29, 0.717) is 5.88 Å². The third-order valence-electron chi connectivity index (χ3n) is 2.16. The van der Waals surface area contributed by atoms with E-state index in [1.54, 1.807) is 0 Å². The van der Waals surface area contributed by atoms with Crippen molar-refractivity contribution >= 4 is 35.3 Å². The van der Waals surface area contributed by atoms with Crippen molar-refractivity contribution < 1.29 is 0 Å². The lowest BCUT2D eigenvalue weighted by Gasteiger charge is -2.18. The Morgan fingerprint density at radius 2 is 1.85 bits per heavy atom. The maximum Gasteiger partial charge on any atom is 0.183 e. The molecule has 0 fully saturated rings. The number of benzene rings is 1. The van der Waals surface area contributed by atoms with Gasteiger partial charge in [0.2, 0.25) is 0 Å². The molecule has 0 aliphatic heterocycles. The minimum Gasteiger partial charge on any atom is -0.161 e. The Morgan fingerprint density at radius 1 is 1.23 bits per heavy atom. The molecule has 1 rings (SSSR count). The molecule has 72 valence electrons. The molecule has 0 aromatic heterocycles. The van der Waals surface area contributed by atoms with E-state index in [0.717, 1.165) is 12.5 Å². The summed E-state index contributed by atoms with van der Waals surface area (Å²) >= 11 is 12.2. The number of hydrogen-bond donors (Lipinski definition) is 0. The Kier molecular flexibility index (Phi) is 4.30. The first-order valence-corrected chi connectivity index (χ1v) is 8.72. The smallest absolute Gasteiger partial charge is 0.161 e. The molecule has 0 bridgehead atoms. The zero-order valence-electron chi connectivity index (χ0n) is 7.76. The van der Waals surface area contributed by atoms with Gasteiger partial charge in [-0.05, 0) is 17.7 Å². The molecule has 0 nitrogen and oxygen atoms in total. The van der Waals surface area contributed by atoms with Gasteiger partial charge in [0.15, 0.2) is 7.38 Å². The average Bonchev–Trinajstić information content (AvgIpc) is 2.16. The van der Waals surface area contributed by atoms with Crippen molar-refractivity contribution in [2.45, 2.75) is 19.0 Å². The third-order valence-corrected chi connectivity index (χ3v) is 6.47. The Balaban J connectivity index is 2.69. The van der Waals surface area contributed by atoms with E-state index in [1.165, 1.54) is 5.19 Å². The van der Waals surface area contributed by atoms with Crippen LogP contribution < -0.4 is 5.19 Å². The van der Waals surface area contributed by atoms with Gasteiger partial charge < -0.3 is 0 Å². The van der Waals surface area contributed by atoms with Gasteiger partial charge in [-0.15, -0.1) is 11.6 Å². The Labute approximate surface area is 90.6 Å². The molecule has 0 saturated heterocycles. The highest BCUT2D eigenvalue weighted by atomic mass is 35.6. The van der Waals surface area contributed by atoms with Gasteiger partial charge in [0.05, 0.1) is 0 Å². The summed E-state index contributed by atoms with van der Waals surface area (Å²) in [4.78, 5) is 0. The maximum atomic E-state index is 6.52. The molecule has 13 heavy (non-hydrogen) atoms. The van der Waals surface area contributed by atoms with Crippen LogP contribution in [0.5, 0.6) is 0 Å². The van der Waals surface area contributed by atoms with E-state index in [2.05, 4.69) is 18.7 Å². The predicted molar refractivity (Wildman–Crippen MR) is 63.7 cm³/mol. The molecule has 0 radical (unpaired) electrons. The molecule has 0 aliphatic rings. The largest absolute Gasteiger partial charge is 0.183 e. The first kappa shape index (κ1) is 11.1. The molecule has 1 aromatic carbocycles. The van der Waals surface area contributed by atoms with Crippen molar-refractivity contribution in [1.29, 1.82) is 0 Å². The van der Waals surface area contributed by atoms with Gasteiger partial charge in [-0.2, -0.15) is 11.1 Å². The molecule has 1 aromatic rings. The van der Waals surface area contributed by atoms with Crippen molar-refractivity contribution in [2.75, 3.05) is 5.88 Å². The molecule has 3 heteroatoms. The Bertz CT molecular complexity index is 246. The van der Waals surface area contributed by atoms with Crippen LogP contribution in [0.1, 0.15) is 6.42 Å². The van der Waals surface area contributed by atoms with Gasteiger partial charge in [-0.3, -0.25) is 0 Å². The van der Waals surface area contributed by atoms with E-state index in [4.69, 9.17) is 22.7 Å². The highest BCUT2D eigenvalue weighted by molar-refractivity contribution is 7.26. The monoisotopic (exact) mass is 232 g/mol. The second kappa shape index (κ2) is 5.04. The third kappa shape index (κ3) is 3.33. The summed E-state index contributed by atoms with van der Waals surface area (Å²) in [6, 6.07) is 11.4. The van der Waals surface area contributed by atoms with Crippen molar-refractivity contribution in [3.05, 3.63) is 30.3 Å². The van der Waals surface area contributed by atoms with Crippen LogP contribution in [-0.4, -0.2) is 13.3 Å². The van der Waals surface area contributed by atoms with E-state index >= 15 is 0 Å². The Hall–Kier alpha value is 0.0169. The zero-order chi connectivity index (χ0) is 9.73. The fourth-order valence-corrected chi connectivity index (χ4v) is 4.48. The first-order chi connectivity index (χ1) is 6.17. The van der Waals surface area contributed by atoms with Crippen LogP contribution in [0.3, 0.4) is 0 Å². The van der Waals surface area contributed by atoms with Gasteiger partial charge in [0, 0.05) is 5.88 Å². The van der Waals surface area contributed by atoms with Gasteiger partial charge in [-0.1, -0.05) is 36.9 Å². The lowest BCUT2D eigenvalue weighted by molar-refractivity contribution is 1.07. The van der Waals surface area contributed by atoms with Crippen LogP contribution in [0.4, 0.5) is 0 Å². The molecule has 1 atom stereocenters. The van der Waals surface area contributed by atoms with E-state index in [9.17, 15) is 0 Å². The Morgan fingerprint density at radius 3 is 2.38 bits per heavy atom. The molecule has 0 aliphatic carbocycles. The van der Waals surface area contributed by atoms with E-state index in [-0.39, 0.29) is 0 Å². The summed E-state index contributed by atoms with van der Waals surface area (Å²) in [5, 5.41) is 1.31. The van der Waals surface area contributed by atoms with Crippen LogP contribution >= 0.6 is 22.7 Å². The summed E-state index contributed by atoms with van der Waals surface area (Å²) in [6.45, 7) is 2.18. The van der Waals surface area contributed by atoms with Crippen molar-refractivity contribution in [1.82, 2.24) is 0 Å². The second-order valence-corrected chi connectivity index (χ2v) is 9.71. The number of halogens is 2. The topological polar surface area (TPSA) is 0 Å². The molecule has 0 heterocycles. The average molecular weight is 233 g/mol. The maximum absolute atomic E-state index is 6.52. The summed E-state index contributed by atoms with van der Waals surface area (Å²) in [5.74, 6) is 0.710. The number of hydrogen-bond acceptors (Lipinski definition) is 0. The first-order valence-electron chi connectivity index (χ1n) is 4.47. The summed E-state index contributed by atoms with van der Waals surface area (Å²) in [7, 11) is -1.71. The van der Waals surface area contributed by atoms with Crippen LogP contribution in [0.2, 0.25) is 12.6 Å². The van der Waals surface area contributed by atoms with Gasteiger partial charge in [0.25, 0.3) is 0 Å². The van der Waals surface area contributed by atoms with Gasteiger partial charge in [-0.25, -0.2) is 0 Å². The van der Waals surface area contributed by atoms with E-state index < -0.39 is 7.38 Å². The van der Waals surface area contributed by atoms with Crippen LogP contribution in [0.15, 0.2) is 30.3 Å². The molecule has 0 spiro atoms. The molecule has 0 N–H and O–H groups in total. The number of alkyl halides is 1. The van der Waals surface area contributed by atoms with Gasteiger partial charge >= 0.3 is 0 Å². The van der Waals surface area contributed by atoms with Gasteiger partial charge in [0.1, 0.15) is 0 Å². The molecule has 1 unspecified atom stereocenters. The lowest BCUT2D eigenvalue weighted by atomic mass is 10.4. The zero-order valence-corrected chi connectivity index (χ0v) is 10.3. The van der Waals surface area contributed by atoms with Crippen LogP contribution in [-0.2, 0) is 0 Å². The molecular formula is C10H14Cl2Si. The summed E-state index contributed by atoms with van der Waals surface area (Å²) < 4.78 is 0. The van der Waals surface area contributed by atoms with Crippen molar-refractivity contribution in [3.63, 3.8) is 0 Å². The molecule has 0 saturated carbocycles. The minimum absolute atomic E-state index is 0.710. The second-order valence-electron chi connectivity index (χ2n) is 3.36. The predicted octanol–water partition coefficient (Wildman–Crippen LogP) is 3.34. The van der Waals surface area contributed by atoms with Crippen LogP contribution in [0, 0.1) is 0 Å². The fourth-order valence-electron chi connectivity index (χ4n) is 1.33. The molecular weight excluding hydrogens is 219 g/mol. The lowest BCUT2D eigenvalue weighted by Crippen LogP contribution is -2.38. The minimum atomic E-state index is -1.71. The van der Waals surface area contributed by atoms with E-state index in [1.807, 2.05) is 18.2 Å². The summed E-state index contributed by atoms with van der Waals surface area (Å²) in [5.41, 5.74) is 0. The number of rotatable bonds is 4. The van der Waals surface area contributed by atoms with Crippen LogP contribution in [0.25, 0.3) is 0 Å². The van der Waals surface area contributed by atoms with Crippen molar-refractivity contribution in [3.8, 4) is 0 Å². The SMILES string of the molecule is C[Si](Cl)(CCCCl)c1ccccc1. The highest BCUT2D eigenvalue weighted by Gasteiger charge is 2.25.